The minimum absolute atomic E-state index is 0.0600. The Hall–Kier alpha value is -4.80. The van der Waals surface area contributed by atoms with Crippen LogP contribution in [-0.4, -0.2) is 21.2 Å². The van der Waals surface area contributed by atoms with Gasteiger partial charge in [-0.2, -0.15) is 13.2 Å². The Balaban J connectivity index is 1.37. The maximum atomic E-state index is 13.7. The molecular formula is C26H16F4N4O3. The standard InChI is InChI=1S/C26H16F4N4O3/c27-17-3-1-2-15(8-17)14-36-23-6-4-18(10-20(23)26(28,29)30)33-25-32-11-16-9-21(31-12-22(16)34-25)24-7-5-19(13-35)37-24/h1-13H,14H2,(H,32,33,34). The summed E-state index contributed by atoms with van der Waals surface area (Å²) in [6.07, 6.45) is -1.17. The molecule has 0 aliphatic heterocycles. The fourth-order valence-electron chi connectivity index (χ4n) is 3.56. The maximum Gasteiger partial charge on any atom is 0.420 e. The van der Waals surface area contributed by atoms with Gasteiger partial charge in [-0.3, -0.25) is 9.78 Å². The zero-order chi connectivity index (χ0) is 26.0. The summed E-state index contributed by atoms with van der Waals surface area (Å²) in [6, 6.07) is 13.7. The molecular weight excluding hydrogens is 492 g/mol. The van der Waals surface area contributed by atoms with E-state index in [-0.39, 0.29) is 24.0 Å². The lowest BCUT2D eigenvalue weighted by molar-refractivity contribution is -0.139. The predicted octanol–water partition coefficient (Wildman–Crippen LogP) is 6.58. The lowest BCUT2D eigenvalue weighted by Gasteiger charge is -2.16. The first-order chi connectivity index (χ1) is 17.8. The van der Waals surface area contributed by atoms with E-state index < -0.39 is 23.3 Å². The highest BCUT2D eigenvalue weighted by Crippen LogP contribution is 2.38. The van der Waals surface area contributed by atoms with Crippen molar-refractivity contribution >= 4 is 28.8 Å². The number of nitrogens with zero attached hydrogens (tertiary/aromatic N) is 3. The van der Waals surface area contributed by atoms with E-state index in [0.29, 0.717) is 34.2 Å². The van der Waals surface area contributed by atoms with Crippen LogP contribution in [0.15, 0.2) is 77.5 Å². The van der Waals surface area contributed by atoms with Crippen LogP contribution in [0.3, 0.4) is 0 Å². The third-order valence-corrected chi connectivity index (χ3v) is 5.29. The van der Waals surface area contributed by atoms with Crippen molar-refractivity contribution in [2.45, 2.75) is 12.8 Å². The van der Waals surface area contributed by atoms with Gasteiger partial charge in [0.25, 0.3) is 0 Å². The van der Waals surface area contributed by atoms with Crippen LogP contribution < -0.4 is 10.1 Å². The number of alkyl halides is 3. The molecule has 0 amide bonds. The highest BCUT2D eigenvalue weighted by molar-refractivity contribution is 5.82. The van der Waals surface area contributed by atoms with Crippen LogP contribution >= 0.6 is 0 Å². The average molecular weight is 508 g/mol. The summed E-state index contributed by atoms with van der Waals surface area (Å²) in [7, 11) is 0. The molecule has 37 heavy (non-hydrogen) atoms. The Labute approximate surface area is 206 Å². The number of furan rings is 1. The predicted molar refractivity (Wildman–Crippen MR) is 126 cm³/mol. The third kappa shape index (κ3) is 5.40. The van der Waals surface area contributed by atoms with Crippen LogP contribution in [0.5, 0.6) is 5.75 Å². The van der Waals surface area contributed by atoms with Gasteiger partial charge in [0.15, 0.2) is 17.8 Å². The van der Waals surface area contributed by atoms with Crippen LogP contribution in [0, 0.1) is 5.82 Å². The second kappa shape index (κ2) is 9.69. The van der Waals surface area contributed by atoms with Crippen LogP contribution in [0.2, 0.25) is 0 Å². The highest BCUT2D eigenvalue weighted by Gasteiger charge is 2.35. The molecule has 0 aliphatic rings. The number of carbonyl (C=O) groups excluding carboxylic acids is 1. The van der Waals surface area contributed by atoms with Crippen molar-refractivity contribution in [1.29, 1.82) is 0 Å². The van der Waals surface area contributed by atoms with Crippen LogP contribution in [-0.2, 0) is 12.8 Å². The Morgan fingerprint density at radius 1 is 1.00 bits per heavy atom. The zero-order valence-electron chi connectivity index (χ0n) is 18.8. The number of halogens is 4. The Morgan fingerprint density at radius 2 is 1.86 bits per heavy atom. The summed E-state index contributed by atoms with van der Waals surface area (Å²) < 4.78 is 65.3. The van der Waals surface area contributed by atoms with Gasteiger partial charge in [0.05, 0.1) is 17.3 Å². The Bertz CT molecular complexity index is 1600. The van der Waals surface area contributed by atoms with Crippen molar-refractivity contribution in [1.82, 2.24) is 15.0 Å². The summed E-state index contributed by atoms with van der Waals surface area (Å²) in [5, 5.41) is 3.37. The van der Waals surface area contributed by atoms with E-state index in [9.17, 15) is 22.4 Å². The number of fused-ring (bicyclic) bond motifs is 1. The van der Waals surface area contributed by atoms with Crippen molar-refractivity contribution in [3.63, 3.8) is 0 Å². The number of rotatable bonds is 7. The number of aldehydes is 1. The third-order valence-electron chi connectivity index (χ3n) is 5.29. The lowest BCUT2D eigenvalue weighted by atomic mass is 10.1. The number of nitrogens with one attached hydrogen (secondary N) is 1. The molecule has 11 heteroatoms. The molecule has 0 unspecified atom stereocenters. The fourth-order valence-corrected chi connectivity index (χ4v) is 3.56. The van der Waals surface area contributed by atoms with E-state index in [1.807, 2.05) is 0 Å². The molecule has 0 aliphatic carbocycles. The smallest absolute Gasteiger partial charge is 0.420 e. The summed E-state index contributed by atoms with van der Waals surface area (Å²) in [4.78, 5) is 23.6. The molecule has 5 aromatic rings. The van der Waals surface area contributed by atoms with Crippen molar-refractivity contribution in [2.24, 2.45) is 0 Å². The molecule has 0 saturated heterocycles. The molecule has 5 rings (SSSR count). The summed E-state index contributed by atoms with van der Waals surface area (Å²) in [5.74, 6) is -0.285. The monoisotopic (exact) mass is 508 g/mol. The van der Waals surface area contributed by atoms with Gasteiger partial charge in [0.2, 0.25) is 5.95 Å². The summed E-state index contributed by atoms with van der Waals surface area (Å²) in [5.41, 5.74) is 0.386. The number of pyridine rings is 1. The number of hydrogen-bond donors (Lipinski definition) is 1. The second-order valence-corrected chi connectivity index (χ2v) is 7.89. The van der Waals surface area contributed by atoms with Crippen molar-refractivity contribution in [2.75, 3.05) is 5.32 Å². The first kappa shape index (κ1) is 23.9. The number of anilines is 2. The van der Waals surface area contributed by atoms with Gasteiger partial charge in [-0.05, 0) is 54.1 Å². The van der Waals surface area contributed by atoms with E-state index >= 15 is 0 Å². The Kier molecular flexibility index (Phi) is 6.26. The van der Waals surface area contributed by atoms with Gasteiger partial charge >= 0.3 is 6.18 Å². The van der Waals surface area contributed by atoms with E-state index in [4.69, 9.17) is 9.15 Å². The first-order valence-corrected chi connectivity index (χ1v) is 10.8. The maximum absolute atomic E-state index is 13.7. The van der Waals surface area contributed by atoms with Gasteiger partial charge in [0, 0.05) is 17.3 Å². The lowest BCUT2D eigenvalue weighted by Crippen LogP contribution is -2.10. The molecule has 7 nitrogen and oxygen atoms in total. The minimum atomic E-state index is -4.70. The minimum Gasteiger partial charge on any atom is -0.488 e. The van der Waals surface area contributed by atoms with E-state index in [1.54, 1.807) is 18.2 Å². The number of carbonyl (C=O) groups is 1. The first-order valence-electron chi connectivity index (χ1n) is 10.8. The quantitative estimate of drug-likeness (QED) is 0.196. The summed E-state index contributed by atoms with van der Waals surface area (Å²) >= 11 is 0. The van der Waals surface area contributed by atoms with Crippen LogP contribution in [0.4, 0.5) is 29.2 Å². The van der Waals surface area contributed by atoms with Gasteiger partial charge in [-0.1, -0.05) is 12.1 Å². The van der Waals surface area contributed by atoms with Crippen LogP contribution in [0.25, 0.3) is 22.4 Å². The molecule has 2 aromatic carbocycles. The average Bonchev–Trinajstić information content (AvgIpc) is 3.37. The molecule has 3 aromatic heterocycles. The van der Waals surface area contributed by atoms with Gasteiger partial charge in [-0.15, -0.1) is 0 Å². The van der Waals surface area contributed by atoms with E-state index in [0.717, 1.165) is 6.07 Å². The molecule has 0 saturated carbocycles. The number of aromatic nitrogens is 3. The number of benzene rings is 2. The van der Waals surface area contributed by atoms with Gasteiger partial charge in [-0.25, -0.2) is 14.4 Å². The molecule has 0 radical (unpaired) electrons. The fraction of sp³-hybridized carbons (Fsp3) is 0.0769. The molecule has 0 atom stereocenters. The van der Waals surface area contributed by atoms with E-state index in [1.165, 1.54) is 48.8 Å². The zero-order valence-corrected chi connectivity index (χ0v) is 18.8. The van der Waals surface area contributed by atoms with Crippen LogP contribution in [0.1, 0.15) is 21.7 Å². The van der Waals surface area contributed by atoms with Gasteiger partial charge in [0.1, 0.15) is 23.9 Å². The highest BCUT2D eigenvalue weighted by atomic mass is 19.4. The SMILES string of the molecule is O=Cc1ccc(-c2cc3cnc(Nc4ccc(OCc5cccc(F)c5)c(C(F)(F)F)c4)nc3cn2)o1. The molecule has 0 bridgehead atoms. The number of hydrogen-bond acceptors (Lipinski definition) is 7. The second-order valence-electron chi connectivity index (χ2n) is 7.89. The van der Waals surface area contributed by atoms with Crippen molar-refractivity contribution in [3.8, 4) is 17.2 Å². The number of ether oxygens (including phenoxy) is 1. The Morgan fingerprint density at radius 3 is 2.62 bits per heavy atom. The largest absolute Gasteiger partial charge is 0.488 e. The van der Waals surface area contributed by atoms with Crippen molar-refractivity contribution < 1.29 is 31.5 Å². The van der Waals surface area contributed by atoms with Gasteiger partial charge < -0.3 is 14.5 Å². The normalized spacial score (nSPS) is 11.5. The summed E-state index contributed by atoms with van der Waals surface area (Å²) in [6.45, 7) is -0.231. The molecule has 1 N–H and O–H groups in total. The molecule has 0 spiro atoms. The molecule has 0 fully saturated rings. The van der Waals surface area contributed by atoms with Crippen molar-refractivity contribution in [3.05, 3.63) is 95.8 Å². The molecule has 3 heterocycles. The van der Waals surface area contributed by atoms with E-state index in [2.05, 4.69) is 20.3 Å². The topological polar surface area (TPSA) is 90.1 Å². The molecule has 186 valence electrons.